The number of para-hydroxylation sites is 2. The Hall–Kier alpha value is -2.23. The number of hydrogen-bond acceptors (Lipinski definition) is 6. The number of anilines is 1. The average molecular weight is 372 g/mol. The minimum absolute atomic E-state index is 0. The van der Waals surface area contributed by atoms with E-state index in [1.165, 1.54) is 18.2 Å². The molecule has 1 aliphatic heterocycles. The van der Waals surface area contributed by atoms with Gasteiger partial charge in [0, 0.05) is 32.2 Å². The van der Waals surface area contributed by atoms with E-state index in [4.69, 9.17) is 0 Å². The van der Waals surface area contributed by atoms with Crippen LogP contribution in [0.4, 0.5) is 11.4 Å². The third-order valence-electron chi connectivity index (χ3n) is 3.66. The van der Waals surface area contributed by atoms with Crippen LogP contribution in [0.1, 0.15) is 0 Å². The molecule has 9 nitrogen and oxygen atoms in total. The van der Waals surface area contributed by atoms with Crippen molar-refractivity contribution in [3.05, 3.63) is 34.4 Å². The third kappa shape index (κ3) is 6.29. The van der Waals surface area contributed by atoms with Crippen LogP contribution in [-0.2, 0) is 9.59 Å². The minimum atomic E-state index is -0.548. The zero-order valence-corrected chi connectivity index (χ0v) is 14.8. The number of nitrogens with one attached hydrogen (secondary N) is 2. The number of piperazine rings is 1. The Morgan fingerprint density at radius 3 is 2.56 bits per heavy atom. The molecule has 2 N–H and O–H groups in total. The number of likely N-dealkylation sites (N-methyl/N-ethyl adjacent to an activating group) is 1. The van der Waals surface area contributed by atoms with E-state index in [-0.39, 0.29) is 42.8 Å². The molecule has 0 spiro atoms. The summed E-state index contributed by atoms with van der Waals surface area (Å²) in [4.78, 5) is 37.9. The minimum Gasteiger partial charge on any atom is -0.339 e. The maximum atomic E-state index is 12.1. The van der Waals surface area contributed by atoms with Gasteiger partial charge in [0.2, 0.25) is 11.8 Å². The second-order valence-electron chi connectivity index (χ2n) is 5.63. The van der Waals surface area contributed by atoms with E-state index in [9.17, 15) is 19.7 Å². The highest BCUT2D eigenvalue weighted by atomic mass is 35.5. The maximum Gasteiger partial charge on any atom is 0.292 e. The van der Waals surface area contributed by atoms with Crippen molar-refractivity contribution in [2.75, 3.05) is 51.6 Å². The molecule has 0 saturated carbocycles. The van der Waals surface area contributed by atoms with Gasteiger partial charge < -0.3 is 15.5 Å². The first-order valence-electron chi connectivity index (χ1n) is 7.67. The van der Waals surface area contributed by atoms with Gasteiger partial charge in [-0.15, -0.1) is 12.4 Å². The predicted octanol–water partition coefficient (Wildman–Crippen LogP) is 0.319. The summed E-state index contributed by atoms with van der Waals surface area (Å²) in [6.07, 6.45) is 0. The van der Waals surface area contributed by atoms with Crippen molar-refractivity contribution in [3.8, 4) is 0 Å². The Morgan fingerprint density at radius 2 is 1.92 bits per heavy atom. The van der Waals surface area contributed by atoms with E-state index in [1.807, 2.05) is 0 Å². The van der Waals surface area contributed by atoms with E-state index in [2.05, 4.69) is 10.6 Å². The number of benzene rings is 1. The highest BCUT2D eigenvalue weighted by Crippen LogP contribution is 2.22. The molecule has 0 radical (unpaired) electrons. The normalized spacial score (nSPS) is 13.9. The van der Waals surface area contributed by atoms with Gasteiger partial charge in [-0.1, -0.05) is 12.1 Å². The van der Waals surface area contributed by atoms with Gasteiger partial charge in [0.25, 0.3) is 5.69 Å². The number of hydrogen-bond donors (Lipinski definition) is 2. The van der Waals surface area contributed by atoms with Crippen LogP contribution in [-0.4, -0.2) is 72.9 Å². The summed E-state index contributed by atoms with van der Waals surface area (Å²) in [5.41, 5.74) is -0.0141. The molecule has 1 saturated heterocycles. The first kappa shape index (κ1) is 20.8. The fourth-order valence-electron chi connectivity index (χ4n) is 2.47. The van der Waals surface area contributed by atoms with Crippen LogP contribution in [0.5, 0.6) is 0 Å². The van der Waals surface area contributed by atoms with E-state index < -0.39 is 10.8 Å². The van der Waals surface area contributed by atoms with Crippen molar-refractivity contribution in [3.63, 3.8) is 0 Å². The molecule has 0 aliphatic carbocycles. The van der Waals surface area contributed by atoms with Crippen LogP contribution in [0, 0.1) is 10.1 Å². The lowest BCUT2D eigenvalue weighted by Gasteiger charge is -2.29. The lowest BCUT2D eigenvalue weighted by atomic mass is 10.2. The molecule has 10 heteroatoms. The van der Waals surface area contributed by atoms with Gasteiger partial charge in [-0.25, -0.2) is 0 Å². The van der Waals surface area contributed by atoms with Gasteiger partial charge in [-0.05, 0) is 13.1 Å². The molecule has 1 aromatic rings. The van der Waals surface area contributed by atoms with E-state index in [0.717, 1.165) is 13.1 Å². The van der Waals surface area contributed by atoms with Crippen LogP contribution in [0.15, 0.2) is 24.3 Å². The van der Waals surface area contributed by atoms with Gasteiger partial charge in [0.1, 0.15) is 5.69 Å². The quantitative estimate of drug-likeness (QED) is 0.550. The zero-order valence-electron chi connectivity index (χ0n) is 13.9. The maximum absolute atomic E-state index is 12.1. The fourth-order valence-corrected chi connectivity index (χ4v) is 2.47. The average Bonchev–Trinajstić information content (AvgIpc) is 2.55. The molecule has 0 atom stereocenters. The molecule has 1 aliphatic rings. The number of nitrogens with zero attached hydrogens (tertiary/aromatic N) is 3. The molecule has 138 valence electrons. The molecule has 2 rings (SSSR count). The van der Waals surface area contributed by atoms with Gasteiger partial charge in [0.15, 0.2) is 0 Å². The number of nitro benzene ring substituents is 1. The first-order valence-corrected chi connectivity index (χ1v) is 7.67. The van der Waals surface area contributed by atoms with Crippen molar-refractivity contribution in [2.45, 2.75) is 0 Å². The summed E-state index contributed by atoms with van der Waals surface area (Å²) in [6, 6.07) is 5.95. The van der Waals surface area contributed by atoms with Crippen molar-refractivity contribution in [1.82, 2.24) is 15.1 Å². The zero-order chi connectivity index (χ0) is 17.5. The molecular weight excluding hydrogens is 350 g/mol. The van der Waals surface area contributed by atoms with Crippen LogP contribution in [0.25, 0.3) is 0 Å². The highest BCUT2D eigenvalue weighted by Gasteiger charge is 2.20. The van der Waals surface area contributed by atoms with Gasteiger partial charge >= 0.3 is 0 Å². The number of halogens is 1. The summed E-state index contributed by atoms with van der Waals surface area (Å²) in [5, 5.41) is 16.6. The van der Waals surface area contributed by atoms with Gasteiger partial charge in [0.05, 0.1) is 18.0 Å². The summed E-state index contributed by atoms with van der Waals surface area (Å²) in [7, 11) is 1.67. The number of amides is 2. The number of nitro groups is 1. The molecule has 1 heterocycles. The van der Waals surface area contributed by atoms with Crippen LogP contribution in [0.3, 0.4) is 0 Å². The van der Waals surface area contributed by atoms with Gasteiger partial charge in [-0.3, -0.25) is 24.6 Å². The summed E-state index contributed by atoms with van der Waals surface area (Å²) in [5.74, 6) is -0.433. The summed E-state index contributed by atoms with van der Waals surface area (Å²) >= 11 is 0. The largest absolute Gasteiger partial charge is 0.339 e. The van der Waals surface area contributed by atoms with Crippen molar-refractivity contribution in [1.29, 1.82) is 0 Å². The molecule has 0 aromatic heterocycles. The Morgan fingerprint density at radius 1 is 1.28 bits per heavy atom. The van der Waals surface area contributed by atoms with Crippen molar-refractivity contribution >= 4 is 35.6 Å². The Bertz CT molecular complexity index is 622. The van der Waals surface area contributed by atoms with Crippen LogP contribution in [0.2, 0.25) is 0 Å². The van der Waals surface area contributed by atoms with Crippen molar-refractivity contribution < 1.29 is 14.5 Å². The predicted molar refractivity (Wildman–Crippen MR) is 95.9 cm³/mol. The lowest BCUT2D eigenvalue weighted by Crippen LogP contribution is -2.49. The standard InChI is InChI=1S/C15H21N5O4.ClH/c1-18(11-15(22)19-8-6-16-7-9-19)10-14(21)17-12-4-2-3-5-13(12)20(23)24;/h2-5,16H,6-11H2,1H3,(H,17,21);1H. The highest BCUT2D eigenvalue weighted by molar-refractivity contribution is 5.94. The van der Waals surface area contributed by atoms with Gasteiger partial charge in [-0.2, -0.15) is 0 Å². The first-order chi connectivity index (χ1) is 11.5. The number of rotatable bonds is 6. The third-order valence-corrected chi connectivity index (χ3v) is 3.66. The van der Waals surface area contributed by atoms with E-state index in [0.29, 0.717) is 13.1 Å². The van der Waals surface area contributed by atoms with E-state index >= 15 is 0 Å². The Balaban J connectivity index is 0.00000312. The molecule has 0 unspecified atom stereocenters. The Kier molecular flexibility index (Phi) is 8.26. The summed E-state index contributed by atoms with van der Waals surface area (Å²) < 4.78 is 0. The topological polar surface area (TPSA) is 108 Å². The molecule has 0 bridgehead atoms. The fraction of sp³-hybridized carbons (Fsp3) is 0.467. The monoisotopic (exact) mass is 371 g/mol. The molecule has 1 fully saturated rings. The molecule has 2 amide bonds. The number of carbonyl (C=O) groups excluding carboxylic acids is 2. The molecule has 25 heavy (non-hydrogen) atoms. The lowest BCUT2D eigenvalue weighted by molar-refractivity contribution is -0.383. The van der Waals surface area contributed by atoms with Crippen LogP contribution >= 0.6 is 12.4 Å². The smallest absolute Gasteiger partial charge is 0.292 e. The Labute approximate surface area is 151 Å². The van der Waals surface area contributed by atoms with E-state index in [1.54, 1.807) is 22.9 Å². The number of carbonyl (C=O) groups is 2. The summed E-state index contributed by atoms with van der Waals surface area (Å²) in [6.45, 7) is 2.97. The molecular formula is C15H22ClN5O4. The van der Waals surface area contributed by atoms with Crippen LogP contribution < -0.4 is 10.6 Å². The SMILES string of the molecule is CN(CC(=O)Nc1ccccc1[N+](=O)[O-])CC(=O)N1CCNCC1.Cl. The van der Waals surface area contributed by atoms with Crippen molar-refractivity contribution in [2.24, 2.45) is 0 Å². The second-order valence-corrected chi connectivity index (χ2v) is 5.63. The second kappa shape index (κ2) is 9.92. The molecule has 1 aromatic carbocycles.